The van der Waals surface area contributed by atoms with Gasteiger partial charge in [0, 0.05) is 18.0 Å². The number of rotatable bonds is 6. The largest absolute Gasteiger partial charge is 0.459 e. The SMILES string of the molecule is CC(C)(C)[C@@H]1NC(=O)O[C@@H]2CC3C[C@@H]3[C@H]2CCCCCn2c(nc3cc(Cl)ccc3c2=O)O[C@@H]2C[C@@H](C(=O)N[C@]3(C(=O)NS(=O)(=O)C4(C)CC4)C[C@H]3C(F)F)N(C2)C1=O. The molecule has 2 bridgehead atoms. The average molecular weight is 865 g/mol. The van der Waals surface area contributed by atoms with Crippen molar-refractivity contribution in [3.63, 3.8) is 0 Å². The Morgan fingerprint density at radius 3 is 2.47 bits per heavy atom. The van der Waals surface area contributed by atoms with E-state index in [-0.39, 0.29) is 61.5 Å². The Morgan fingerprint density at radius 1 is 1.05 bits per heavy atom. The van der Waals surface area contributed by atoms with Gasteiger partial charge in [-0.25, -0.2) is 22.0 Å². The fraction of sp³-hybridized carbons (Fsp3) is 0.700. The summed E-state index contributed by atoms with van der Waals surface area (Å²) < 4.78 is 69.1. The number of ether oxygens (including phenoxy) is 2. The van der Waals surface area contributed by atoms with E-state index in [1.54, 1.807) is 32.9 Å². The zero-order valence-electron chi connectivity index (χ0n) is 33.5. The number of carbonyl (C=O) groups excluding carboxylic acids is 4. The van der Waals surface area contributed by atoms with Gasteiger partial charge < -0.3 is 25.0 Å². The van der Waals surface area contributed by atoms with E-state index < -0.39 is 86.5 Å². The van der Waals surface area contributed by atoms with Gasteiger partial charge in [0.2, 0.25) is 28.3 Å². The molecule has 3 heterocycles. The molecule has 1 aromatic carbocycles. The molecule has 4 amide bonds. The number of benzene rings is 1. The molecular formula is C40H51ClF2N6O9S. The fourth-order valence-corrected chi connectivity index (χ4v) is 10.9. The number of nitrogens with one attached hydrogen (secondary N) is 3. The Morgan fingerprint density at radius 2 is 1.80 bits per heavy atom. The zero-order chi connectivity index (χ0) is 42.4. The molecule has 6 aliphatic rings. The smallest absolute Gasteiger partial charge is 0.408 e. The second kappa shape index (κ2) is 14.8. The predicted molar refractivity (Wildman–Crippen MR) is 210 cm³/mol. The van der Waals surface area contributed by atoms with Crippen LogP contribution in [0.4, 0.5) is 13.6 Å². The first-order valence-corrected chi connectivity index (χ1v) is 22.4. The maximum Gasteiger partial charge on any atom is 0.408 e. The van der Waals surface area contributed by atoms with Crippen LogP contribution in [-0.2, 0) is 35.7 Å². The lowest BCUT2D eigenvalue weighted by atomic mass is 9.85. The number of aromatic nitrogens is 2. The highest BCUT2D eigenvalue weighted by molar-refractivity contribution is 7.91. The molecule has 3 N–H and O–H groups in total. The predicted octanol–water partition coefficient (Wildman–Crippen LogP) is 4.28. The van der Waals surface area contributed by atoms with Gasteiger partial charge in [-0.3, -0.25) is 28.5 Å². The van der Waals surface area contributed by atoms with Crippen LogP contribution in [0.25, 0.3) is 10.9 Å². The van der Waals surface area contributed by atoms with E-state index in [4.69, 9.17) is 21.1 Å². The average Bonchev–Trinajstić information content (AvgIpc) is 4.11. The highest BCUT2D eigenvalue weighted by atomic mass is 35.5. The zero-order valence-corrected chi connectivity index (χ0v) is 35.0. The van der Waals surface area contributed by atoms with E-state index in [9.17, 15) is 41.2 Å². The molecule has 1 aromatic heterocycles. The summed E-state index contributed by atoms with van der Waals surface area (Å²) in [5, 5.41) is 5.85. The molecule has 2 aliphatic heterocycles. The van der Waals surface area contributed by atoms with Gasteiger partial charge in [0.25, 0.3) is 17.5 Å². The van der Waals surface area contributed by atoms with Crippen molar-refractivity contribution in [2.45, 2.75) is 139 Å². The molecule has 1 unspecified atom stereocenters. The molecule has 19 heteroatoms. The lowest BCUT2D eigenvalue weighted by Gasteiger charge is -2.36. The number of hydrogen-bond donors (Lipinski definition) is 3. The molecule has 5 fully saturated rings. The number of halogens is 3. The number of carbonyl (C=O) groups is 4. The summed E-state index contributed by atoms with van der Waals surface area (Å²) in [4.78, 5) is 76.1. The van der Waals surface area contributed by atoms with E-state index >= 15 is 0 Å². The molecule has 0 spiro atoms. The van der Waals surface area contributed by atoms with E-state index in [0.29, 0.717) is 28.7 Å². The highest BCUT2D eigenvalue weighted by Crippen LogP contribution is 2.58. The summed E-state index contributed by atoms with van der Waals surface area (Å²) >= 11 is 6.28. The number of alkyl carbamates (subject to hydrolysis) is 1. The van der Waals surface area contributed by atoms with Crippen molar-refractivity contribution in [3.05, 3.63) is 33.6 Å². The van der Waals surface area contributed by atoms with Crippen molar-refractivity contribution in [2.75, 3.05) is 6.54 Å². The third-order valence-corrected chi connectivity index (χ3v) is 15.9. The van der Waals surface area contributed by atoms with Crippen molar-refractivity contribution in [2.24, 2.45) is 29.1 Å². The summed E-state index contributed by atoms with van der Waals surface area (Å²) in [5.74, 6) is -3.59. The summed E-state index contributed by atoms with van der Waals surface area (Å²) in [5.41, 5.74) is -3.30. The van der Waals surface area contributed by atoms with Crippen LogP contribution in [0.3, 0.4) is 0 Å². The van der Waals surface area contributed by atoms with Gasteiger partial charge in [-0.2, -0.15) is 4.98 Å². The second-order valence-electron chi connectivity index (χ2n) is 18.8. The first-order valence-electron chi connectivity index (χ1n) is 20.5. The molecule has 1 saturated heterocycles. The quantitative estimate of drug-likeness (QED) is 0.378. The minimum atomic E-state index is -4.26. The number of alkyl halides is 2. The molecule has 15 nitrogen and oxygen atoms in total. The molecule has 0 radical (unpaired) electrons. The number of fused-ring (bicyclic) bond motifs is 7. The lowest BCUT2D eigenvalue weighted by molar-refractivity contribution is -0.143. The Kier molecular flexibility index (Phi) is 10.5. The molecule has 4 saturated carbocycles. The minimum Gasteiger partial charge on any atom is -0.459 e. The van der Waals surface area contributed by atoms with Crippen molar-refractivity contribution in [1.29, 1.82) is 0 Å². The van der Waals surface area contributed by atoms with Gasteiger partial charge in [-0.1, -0.05) is 45.2 Å². The first-order chi connectivity index (χ1) is 27.7. The van der Waals surface area contributed by atoms with Crippen molar-refractivity contribution in [3.8, 4) is 6.01 Å². The van der Waals surface area contributed by atoms with Crippen LogP contribution in [0, 0.1) is 29.1 Å². The molecule has 4 aliphatic carbocycles. The summed E-state index contributed by atoms with van der Waals surface area (Å²) in [6.45, 7) is 6.61. The van der Waals surface area contributed by atoms with Gasteiger partial charge in [0.1, 0.15) is 29.8 Å². The summed E-state index contributed by atoms with van der Waals surface area (Å²) in [6, 6.07) is 1.95. The van der Waals surface area contributed by atoms with Gasteiger partial charge in [0.05, 0.1) is 28.1 Å². The topological polar surface area (TPSA) is 195 Å². The Hall–Kier alpha value is -4.06. The van der Waals surface area contributed by atoms with Gasteiger partial charge in [-0.15, -0.1) is 0 Å². The van der Waals surface area contributed by atoms with Gasteiger partial charge in [0.15, 0.2) is 0 Å². The Labute approximate surface area is 345 Å². The van der Waals surface area contributed by atoms with Crippen molar-refractivity contribution >= 4 is 56.3 Å². The molecule has 9 atom stereocenters. The van der Waals surface area contributed by atoms with Crippen LogP contribution in [0.5, 0.6) is 6.01 Å². The van der Waals surface area contributed by atoms with Crippen molar-refractivity contribution < 1.29 is 45.9 Å². The molecule has 322 valence electrons. The second-order valence-corrected chi connectivity index (χ2v) is 21.4. The molecule has 2 aromatic rings. The van der Waals surface area contributed by atoms with Gasteiger partial charge in [-0.05, 0) is 93.2 Å². The number of nitrogens with zero attached hydrogens (tertiary/aromatic N) is 3. The first kappa shape index (κ1) is 41.7. The monoisotopic (exact) mass is 864 g/mol. The van der Waals surface area contributed by atoms with Crippen LogP contribution in [-0.4, -0.2) is 94.2 Å². The normalized spacial score (nSPS) is 33.0. The number of sulfonamides is 1. The van der Waals surface area contributed by atoms with E-state index in [2.05, 4.69) is 15.6 Å². The minimum absolute atomic E-state index is 0.0651. The van der Waals surface area contributed by atoms with Crippen LogP contribution >= 0.6 is 11.6 Å². The van der Waals surface area contributed by atoms with Gasteiger partial charge >= 0.3 is 6.09 Å². The van der Waals surface area contributed by atoms with Crippen LogP contribution in [0.15, 0.2) is 23.0 Å². The Bertz CT molecular complexity index is 2250. The van der Waals surface area contributed by atoms with Crippen LogP contribution in [0.1, 0.15) is 91.9 Å². The molecule has 59 heavy (non-hydrogen) atoms. The summed E-state index contributed by atoms with van der Waals surface area (Å²) in [7, 11) is -4.26. The van der Waals surface area contributed by atoms with E-state index in [1.807, 2.05) is 4.72 Å². The van der Waals surface area contributed by atoms with E-state index in [0.717, 1.165) is 32.1 Å². The standard InChI is InChI=1S/C40H51ClF2N6O9S/c1-38(2,3)30-34(52)49-19-22(17-28(49)32(50)46-40(18-26(40)31(42)43)35(53)47-59(55,56)39(4)11-12-39)57-36-44-27-16-21(41)9-10-24(27)33(51)48(36)13-7-5-6-8-23-25-14-20(25)15-29(23)58-37(54)45-30/h9-10,16,20,22-23,25-26,28-31H,5-8,11-15,17-19H2,1-4H3,(H,45,54)(H,46,50)(H,47,53)/t20?,22-,23-,25+,26+,28+,29-,30-,40-/m1/s1. The third kappa shape index (κ3) is 7.87. The highest BCUT2D eigenvalue weighted by Gasteiger charge is 2.67. The fourth-order valence-electron chi connectivity index (χ4n) is 9.40. The lowest BCUT2D eigenvalue weighted by Crippen LogP contribution is -2.60. The number of hydrogen-bond acceptors (Lipinski definition) is 10. The maximum absolute atomic E-state index is 14.8. The molecule has 8 rings (SSSR count). The van der Waals surface area contributed by atoms with Crippen molar-refractivity contribution in [1.82, 2.24) is 29.8 Å². The third-order valence-electron chi connectivity index (χ3n) is 13.5. The maximum atomic E-state index is 14.8. The number of amides is 4. The van der Waals surface area contributed by atoms with Crippen LogP contribution in [0.2, 0.25) is 5.02 Å². The summed E-state index contributed by atoms with van der Waals surface area (Å²) in [6.07, 6.45) is -0.552. The Balaban J connectivity index is 1.14. The van der Waals surface area contributed by atoms with Crippen LogP contribution < -0.4 is 25.7 Å². The molecular weight excluding hydrogens is 814 g/mol. The van der Waals surface area contributed by atoms with E-state index in [1.165, 1.54) is 22.5 Å².